The van der Waals surface area contributed by atoms with Crippen molar-refractivity contribution in [2.24, 2.45) is 4.99 Å². The lowest BCUT2D eigenvalue weighted by atomic mass is 9.95. The van der Waals surface area contributed by atoms with Crippen LogP contribution in [-0.2, 0) is 16.1 Å². The average molecular weight is 791 g/mol. The van der Waals surface area contributed by atoms with Crippen molar-refractivity contribution in [3.8, 4) is 5.75 Å². The third-order valence-corrected chi connectivity index (χ3v) is 9.21. The Morgan fingerprint density at radius 3 is 2.36 bits per heavy atom. The summed E-state index contributed by atoms with van der Waals surface area (Å²) in [5.74, 6) is -0.738. The summed E-state index contributed by atoms with van der Waals surface area (Å²) in [5, 5.41) is 0.887. The zero-order valence-electron chi connectivity index (χ0n) is 22.4. The third kappa shape index (κ3) is 6.69. The van der Waals surface area contributed by atoms with Gasteiger partial charge in [-0.3, -0.25) is 9.36 Å². The fourth-order valence-corrected chi connectivity index (χ4v) is 7.29. The fourth-order valence-electron chi connectivity index (χ4n) is 4.52. The average Bonchev–Trinajstić information content (AvgIpc) is 3.27. The normalized spacial score (nSPS) is 15.2. The van der Waals surface area contributed by atoms with Gasteiger partial charge in [0.1, 0.15) is 12.4 Å². The van der Waals surface area contributed by atoms with Crippen LogP contribution in [0.15, 0.2) is 90.7 Å². The van der Waals surface area contributed by atoms with Crippen molar-refractivity contribution >= 4 is 78.4 Å². The van der Waals surface area contributed by atoms with Crippen molar-refractivity contribution in [3.05, 3.63) is 127 Å². The number of fused-ring (bicyclic) bond motifs is 1. The minimum Gasteiger partial charge on any atom is -0.486 e. The molecule has 0 fully saturated rings. The Bertz CT molecular complexity index is 1950. The summed E-state index contributed by atoms with van der Waals surface area (Å²) in [4.78, 5) is 30.3. The number of ether oxygens (including phenoxy) is 2. The Balaban J connectivity index is 1.63. The van der Waals surface area contributed by atoms with E-state index in [1.807, 2.05) is 18.2 Å². The van der Waals surface area contributed by atoms with Gasteiger partial charge in [-0.1, -0.05) is 64.9 Å². The van der Waals surface area contributed by atoms with Gasteiger partial charge in [0.2, 0.25) is 0 Å². The van der Waals surface area contributed by atoms with Crippen molar-refractivity contribution in [3.63, 3.8) is 0 Å². The maximum Gasteiger partial charge on any atom is 0.434 e. The summed E-state index contributed by atoms with van der Waals surface area (Å²) in [5.41, 5.74) is -1.28. The first-order chi connectivity index (χ1) is 20.9. The summed E-state index contributed by atoms with van der Waals surface area (Å²) < 4.78 is 56.2. The first-order valence-corrected chi connectivity index (χ1v) is 16.0. The van der Waals surface area contributed by atoms with E-state index in [0.717, 1.165) is 21.5 Å². The molecule has 44 heavy (non-hydrogen) atoms. The quantitative estimate of drug-likeness (QED) is 0.180. The number of nitrogens with zero attached hydrogens (tertiary/aromatic N) is 2. The van der Waals surface area contributed by atoms with Crippen LogP contribution in [0, 0.1) is 0 Å². The standard InChI is InChI=1S/C30H19Br2Cl2F3N2O4S/c1-2-42-28(41)23-24(16-7-9-18(33)10-8-16)39-27(40)22(44-29(39)38-26(23)30(35,36)37)13-15-11-19(31)25(20(32)12-15)43-14-17-5-3-4-6-21(17)34/h3-13,24H,2,14H2,1H3/b22-13-/t24-/m0/s1. The number of benzene rings is 3. The summed E-state index contributed by atoms with van der Waals surface area (Å²) in [6.07, 6.45) is -3.48. The summed E-state index contributed by atoms with van der Waals surface area (Å²) in [6.45, 7) is 1.50. The van der Waals surface area contributed by atoms with Gasteiger partial charge in [0.25, 0.3) is 5.56 Å². The minimum absolute atomic E-state index is 0.0953. The number of thiazole rings is 1. The highest BCUT2D eigenvalue weighted by Crippen LogP contribution is 2.39. The van der Waals surface area contributed by atoms with Gasteiger partial charge < -0.3 is 9.47 Å². The molecule has 14 heteroatoms. The van der Waals surface area contributed by atoms with Gasteiger partial charge in [0.05, 0.1) is 31.7 Å². The van der Waals surface area contributed by atoms with E-state index < -0.39 is 35.0 Å². The van der Waals surface area contributed by atoms with Crippen LogP contribution in [0.4, 0.5) is 13.2 Å². The van der Waals surface area contributed by atoms with Gasteiger partial charge in [0.15, 0.2) is 10.5 Å². The Kier molecular flexibility index (Phi) is 9.76. The van der Waals surface area contributed by atoms with E-state index in [4.69, 9.17) is 32.7 Å². The van der Waals surface area contributed by atoms with E-state index >= 15 is 0 Å². The van der Waals surface area contributed by atoms with Gasteiger partial charge in [-0.05, 0) is 86.3 Å². The van der Waals surface area contributed by atoms with Crippen molar-refractivity contribution in [2.45, 2.75) is 25.7 Å². The third-order valence-electron chi connectivity index (χ3n) is 6.43. The second-order valence-corrected chi connectivity index (χ2v) is 12.9. The van der Waals surface area contributed by atoms with E-state index in [2.05, 4.69) is 36.9 Å². The van der Waals surface area contributed by atoms with Crippen LogP contribution in [0.1, 0.15) is 29.7 Å². The predicted octanol–water partition coefficient (Wildman–Crippen LogP) is 7.75. The number of hydrogen-bond acceptors (Lipinski definition) is 6. The summed E-state index contributed by atoms with van der Waals surface area (Å²) in [7, 11) is 0. The smallest absolute Gasteiger partial charge is 0.434 e. The molecule has 1 atom stereocenters. The number of hydrogen-bond donors (Lipinski definition) is 0. The molecular weight excluding hydrogens is 772 g/mol. The maximum atomic E-state index is 14.3. The Hall–Kier alpha value is -2.90. The molecule has 0 spiro atoms. The molecule has 0 saturated carbocycles. The van der Waals surface area contributed by atoms with Crippen molar-refractivity contribution < 1.29 is 27.4 Å². The number of halogens is 7. The Morgan fingerprint density at radius 2 is 1.75 bits per heavy atom. The molecule has 0 bridgehead atoms. The van der Waals surface area contributed by atoms with E-state index in [0.29, 0.717) is 30.3 Å². The molecule has 3 aromatic carbocycles. The van der Waals surface area contributed by atoms with Crippen LogP contribution >= 0.6 is 66.4 Å². The predicted molar refractivity (Wildman–Crippen MR) is 170 cm³/mol. The van der Waals surface area contributed by atoms with E-state index in [1.165, 1.54) is 37.3 Å². The molecule has 0 amide bonds. The van der Waals surface area contributed by atoms with Gasteiger partial charge in [-0.25, -0.2) is 9.79 Å². The lowest BCUT2D eigenvalue weighted by Gasteiger charge is -2.26. The zero-order chi connectivity index (χ0) is 31.8. The molecule has 0 radical (unpaired) electrons. The van der Waals surface area contributed by atoms with Gasteiger partial charge in [-0.15, -0.1) is 0 Å². The molecule has 228 valence electrons. The monoisotopic (exact) mass is 788 g/mol. The molecule has 6 nitrogen and oxygen atoms in total. The number of esters is 1. The van der Waals surface area contributed by atoms with E-state index in [9.17, 15) is 22.8 Å². The van der Waals surface area contributed by atoms with Crippen molar-refractivity contribution in [2.75, 3.05) is 6.61 Å². The zero-order valence-corrected chi connectivity index (χ0v) is 27.9. The molecule has 0 aliphatic carbocycles. The van der Waals surface area contributed by atoms with Crippen LogP contribution < -0.4 is 19.6 Å². The van der Waals surface area contributed by atoms with Gasteiger partial charge >= 0.3 is 12.1 Å². The molecular formula is C30H19Br2Cl2F3N2O4S. The van der Waals surface area contributed by atoms with Crippen LogP contribution in [0.3, 0.4) is 0 Å². The highest BCUT2D eigenvalue weighted by Gasteiger charge is 2.45. The summed E-state index contributed by atoms with van der Waals surface area (Å²) >= 11 is 20.0. The number of carbonyl (C=O) groups excluding carboxylic acids is 1. The largest absolute Gasteiger partial charge is 0.486 e. The number of aromatic nitrogens is 1. The van der Waals surface area contributed by atoms with E-state index in [1.54, 1.807) is 18.2 Å². The second-order valence-electron chi connectivity index (χ2n) is 9.31. The van der Waals surface area contributed by atoms with Crippen LogP contribution in [0.25, 0.3) is 6.08 Å². The number of carbonyl (C=O) groups is 1. The van der Waals surface area contributed by atoms with Crippen LogP contribution in [0.2, 0.25) is 10.0 Å². The van der Waals surface area contributed by atoms with Crippen molar-refractivity contribution in [1.82, 2.24) is 4.57 Å². The number of allylic oxidation sites excluding steroid dienone is 1. The molecule has 1 aromatic heterocycles. The number of rotatable bonds is 7. The molecule has 2 heterocycles. The minimum atomic E-state index is -5.00. The lowest BCUT2D eigenvalue weighted by Crippen LogP contribution is -2.41. The molecule has 1 aliphatic heterocycles. The first-order valence-electron chi connectivity index (χ1n) is 12.8. The lowest BCUT2D eigenvalue weighted by molar-refractivity contribution is -0.140. The Morgan fingerprint density at radius 1 is 1.09 bits per heavy atom. The first kappa shape index (κ1) is 32.5. The van der Waals surface area contributed by atoms with E-state index in [-0.39, 0.29) is 28.1 Å². The maximum absolute atomic E-state index is 14.3. The Labute approximate surface area is 279 Å². The van der Waals surface area contributed by atoms with Crippen LogP contribution in [0.5, 0.6) is 5.75 Å². The molecule has 1 aliphatic rings. The molecule has 4 aromatic rings. The summed E-state index contributed by atoms with van der Waals surface area (Å²) in [6, 6.07) is 15.0. The van der Waals surface area contributed by atoms with Gasteiger partial charge in [-0.2, -0.15) is 13.2 Å². The molecule has 0 saturated heterocycles. The van der Waals surface area contributed by atoms with Crippen molar-refractivity contribution in [1.29, 1.82) is 0 Å². The molecule has 0 N–H and O–H groups in total. The molecule has 0 unspecified atom stereocenters. The molecule has 5 rings (SSSR count). The van der Waals surface area contributed by atoms with Gasteiger partial charge in [0, 0.05) is 15.6 Å². The second kappa shape index (κ2) is 13.2. The van der Waals surface area contributed by atoms with Crippen LogP contribution in [-0.4, -0.2) is 23.3 Å². The topological polar surface area (TPSA) is 69.9 Å². The fraction of sp³-hybridized carbons (Fsp3) is 0.167. The highest BCUT2D eigenvalue weighted by molar-refractivity contribution is 9.11. The highest BCUT2D eigenvalue weighted by atomic mass is 79.9. The number of alkyl halides is 3. The SMILES string of the molecule is CCOC(=O)C1=C(C(F)(F)F)N=c2s/c(=C\c3cc(Br)c(OCc4ccccc4Cl)c(Br)c3)c(=O)n2[C@H]1c1ccc(Cl)cc1.